The lowest BCUT2D eigenvalue weighted by molar-refractivity contribution is -0.781. The summed E-state index contributed by atoms with van der Waals surface area (Å²) in [5, 5.41) is 4.97. The van der Waals surface area contributed by atoms with E-state index in [2.05, 4.69) is 44.3 Å². The molecular formula is C20H25N10O3S+. The third-order valence-electron chi connectivity index (χ3n) is 4.91. The van der Waals surface area contributed by atoms with Crippen LogP contribution in [0.3, 0.4) is 0 Å². The number of nitrogens with zero attached hydrogens (tertiary/aromatic N) is 9. The molecule has 4 rings (SSSR count). The monoisotopic (exact) mass is 485 g/mol. The van der Waals surface area contributed by atoms with E-state index in [0.29, 0.717) is 33.8 Å². The number of pyridine rings is 1. The molecule has 0 saturated heterocycles. The zero-order valence-corrected chi connectivity index (χ0v) is 20.3. The van der Waals surface area contributed by atoms with E-state index in [0.717, 1.165) is 36.6 Å². The number of aromatic nitrogens is 6. The highest BCUT2D eigenvalue weighted by atomic mass is 32.2. The van der Waals surface area contributed by atoms with Gasteiger partial charge in [-0.25, -0.2) is 15.0 Å². The van der Waals surface area contributed by atoms with Gasteiger partial charge in [0.05, 0.1) is 29.6 Å². The normalized spacial score (nSPS) is 13.8. The Kier molecular flexibility index (Phi) is 7.42. The number of aryl methyl sites for hydroxylation is 1. The maximum Gasteiger partial charge on any atom is 0.403 e. The minimum Gasteiger partial charge on any atom is -0.382 e. The molecule has 178 valence electrons. The van der Waals surface area contributed by atoms with Gasteiger partial charge in [-0.1, -0.05) is 0 Å². The number of aliphatic imine (C=N–C) groups is 1. The lowest BCUT2D eigenvalue weighted by atomic mass is 10.3. The summed E-state index contributed by atoms with van der Waals surface area (Å²) in [6.45, 7) is 7.85. The SMILES string of the molecule is CCN(CC)c1ccc(N=C2C(SOONC)=N[n+]3c2nc(-c2cnccn2)n3OC)c(C)n1. The van der Waals surface area contributed by atoms with Gasteiger partial charge in [0.2, 0.25) is 10.8 Å². The summed E-state index contributed by atoms with van der Waals surface area (Å²) in [5.41, 5.74) is 4.87. The van der Waals surface area contributed by atoms with Gasteiger partial charge >= 0.3 is 11.6 Å². The zero-order valence-electron chi connectivity index (χ0n) is 19.5. The van der Waals surface area contributed by atoms with Crippen LogP contribution in [-0.2, 0) is 9.32 Å². The van der Waals surface area contributed by atoms with Crippen LogP contribution in [0.1, 0.15) is 25.4 Å². The van der Waals surface area contributed by atoms with E-state index in [4.69, 9.17) is 24.1 Å². The largest absolute Gasteiger partial charge is 0.403 e. The Labute approximate surface area is 200 Å². The molecule has 13 nitrogen and oxygen atoms in total. The predicted octanol–water partition coefficient (Wildman–Crippen LogP) is 1.26. The predicted molar refractivity (Wildman–Crippen MR) is 126 cm³/mol. The Bertz CT molecular complexity index is 1210. The summed E-state index contributed by atoms with van der Waals surface area (Å²) in [6.07, 6.45) is 4.75. The van der Waals surface area contributed by atoms with E-state index in [1.54, 1.807) is 25.6 Å². The molecule has 1 N–H and O–H groups in total. The van der Waals surface area contributed by atoms with Gasteiger partial charge < -0.3 is 9.74 Å². The lowest BCUT2D eigenvalue weighted by Gasteiger charge is -2.20. The minimum absolute atomic E-state index is 0.418. The van der Waals surface area contributed by atoms with Crippen LogP contribution >= 0.6 is 12.0 Å². The molecule has 0 unspecified atom stereocenters. The van der Waals surface area contributed by atoms with Gasteiger partial charge in [0, 0.05) is 42.2 Å². The van der Waals surface area contributed by atoms with Crippen molar-refractivity contribution in [1.82, 2.24) is 30.3 Å². The number of rotatable bonds is 9. The first-order valence-electron chi connectivity index (χ1n) is 10.5. The second-order valence-corrected chi connectivity index (χ2v) is 7.53. The first-order chi connectivity index (χ1) is 16.6. The summed E-state index contributed by atoms with van der Waals surface area (Å²) in [6, 6.07) is 3.88. The van der Waals surface area contributed by atoms with Crippen molar-refractivity contribution in [2.24, 2.45) is 10.1 Å². The number of hydroxylamine groups is 1. The smallest absolute Gasteiger partial charge is 0.382 e. The first-order valence-corrected chi connectivity index (χ1v) is 11.3. The molecule has 3 aromatic heterocycles. The fourth-order valence-corrected chi connectivity index (χ4v) is 3.79. The molecule has 0 aliphatic carbocycles. The summed E-state index contributed by atoms with van der Waals surface area (Å²) in [7, 11) is 3.09. The number of hydrogen-bond acceptors (Lipinski definition) is 12. The second-order valence-electron chi connectivity index (χ2n) is 6.85. The van der Waals surface area contributed by atoms with Crippen molar-refractivity contribution in [3.05, 3.63) is 42.2 Å². The number of hydrogen-bond donors (Lipinski definition) is 1. The molecule has 3 aromatic rings. The van der Waals surface area contributed by atoms with Crippen LogP contribution in [0.4, 0.5) is 11.5 Å². The topological polar surface area (TPSA) is 128 Å². The van der Waals surface area contributed by atoms with Crippen LogP contribution in [0.5, 0.6) is 0 Å². The molecular weight excluding hydrogens is 460 g/mol. The summed E-state index contributed by atoms with van der Waals surface area (Å²) in [5.74, 6) is 1.76. The average Bonchev–Trinajstić information content (AvgIpc) is 3.38. The Morgan fingerprint density at radius 3 is 2.68 bits per heavy atom. The molecule has 0 radical (unpaired) electrons. The third-order valence-corrected chi connectivity index (χ3v) is 5.48. The molecule has 0 spiro atoms. The second kappa shape index (κ2) is 10.6. The van der Waals surface area contributed by atoms with Gasteiger partial charge in [0.25, 0.3) is 0 Å². The van der Waals surface area contributed by atoms with Crippen LogP contribution in [0, 0.1) is 6.92 Å². The molecule has 1 aliphatic heterocycles. The third kappa shape index (κ3) is 4.61. The molecule has 0 fully saturated rings. The van der Waals surface area contributed by atoms with Gasteiger partial charge in [0.15, 0.2) is 5.69 Å². The molecule has 0 saturated carbocycles. The van der Waals surface area contributed by atoms with Crippen molar-refractivity contribution in [2.75, 3.05) is 32.1 Å². The molecule has 0 amide bonds. The lowest BCUT2D eigenvalue weighted by Crippen LogP contribution is -2.42. The van der Waals surface area contributed by atoms with Gasteiger partial charge in [-0.15, -0.1) is 9.32 Å². The average molecular weight is 486 g/mol. The Hall–Kier alpha value is -3.46. The molecule has 0 atom stereocenters. The van der Waals surface area contributed by atoms with Crippen molar-refractivity contribution >= 4 is 34.3 Å². The first kappa shape index (κ1) is 23.7. The summed E-state index contributed by atoms with van der Waals surface area (Å²) < 4.78 is 5.09. The van der Waals surface area contributed by atoms with Crippen LogP contribution in [-0.4, -0.2) is 62.8 Å². The van der Waals surface area contributed by atoms with Crippen molar-refractivity contribution in [3.8, 4) is 11.5 Å². The van der Waals surface area contributed by atoms with Crippen LogP contribution in [0.25, 0.3) is 11.5 Å². The van der Waals surface area contributed by atoms with Crippen molar-refractivity contribution in [3.63, 3.8) is 0 Å². The van der Waals surface area contributed by atoms with Gasteiger partial charge in [-0.2, -0.15) is 5.48 Å². The molecule has 4 heterocycles. The van der Waals surface area contributed by atoms with Gasteiger partial charge in [-0.3, -0.25) is 4.98 Å². The van der Waals surface area contributed by atoms with Crippen molar-refractivity contribution in [2.45, 2.75) is 20.8 Å². The van der Waals surface area contributed by atoms with Gasteiger partial charge in [-0.05, 0) is 43.0 Å². The van der Waals surface area contributed by atoms with Crippen molar-refractivity contribution in [1.29, 1.82) is 0 Å². The highest BCUT2D eigenvalue weighted by Gasteiger charge is 2.42. The standard InChI is InChI=1S/C20H25N10O3S/c1-6-28(7-2)16-9-8-14(13(3)24-16)25-17-19-26-18(15-12-22-10-11-23-15)30(31-5)29(19)27-20(17)34-33-32-21-4/h8-12,21H,6-7H2,1-5H3/q+1. The Balaban J connectivity index is 1.79. The molecule has 34 heavy (non-hydrogen) atoms. The summed E-state index contributed by atoms with van der Waals surface area (Å²) in [4.78, 5) is 38.0. The fraction of sp³-hybridized carbons (Fsp3) is 0.350. The van der Waals surface area contributed by atoms with Crippen LogP contribution < -0.4 is 20.0 Å². The van der Waals surface area contributed by atoms with E-state index in [1.165, 1.54) is 16.7 Å². The van der Waals surface area contributed by atoms with E-state index >= 15 is 0 Å². The Morgan fingerprint density at radius 1 is 1.21 bits per heavy atom. The van der Waals surface area contributed by atoms with Gasteiger partial charge in [0.1, 0.15) is 12.9 Å². The van der Waals surface area contributed by atoms with Crippen LogP contribution in [0.2, 0.25) is 0 Å². The zero-order chi connectivity index (χ0) is 24.1. The quantitative estimate of drug-likeness (QED) is 0.155. The fourth-order valence-electron chi connectivity index (χ4n) is 3.30. The molecule has 0 aromatic carbocycles. The van der Waals surface area contributed by atoms with E-state index in [-0.39, 0.29) is 0 Å². The number of anilines is 1. The number of fused-ring (bicyclic) bond motifs is 1. The highest BCUT2D eigenvalue weighted by Crippen LogP contribution is 2.25. The van der Waals surface area contributed by atoms with E-state index in [1.807, 2.05) is 19.1 Å². The van der Waals surface area contributed by atoms with E-state index < -0.39 is 0 Å². The van der Waals surface area contributed by atoms with Crippen molar-refractivity contribution < 1.29 is 19.0 Å². The minimum atomic E-state index is 0.418. The van der Waals surface area contributed by atoms with E-state index in [9.17, 15) is 0 Å². The Morgan fingerprint density at radius 2 is 2.03 bits per heavy atom. The maximum atomic E-state index is 5.52. The maximum absolute atomic E-state index is 5.52. The number of nitrogens with one attached hydrogen (secondary N) is 1. The van der Waals surface area contributed by atoms with Crippen LogP contribution in [0.15, 0.2) is 40.8 Å². The molecule has 1 aliphatic rings. The molecule has 14 heteroatoms. The molecule has 0 bridgehead atoms. The highest BCUT2D eigenvalue weighted by molar-refractivity contribution is 8.11. The summed E-state index contributed by atoms with van der Waals surface area (Å²) >= 11 is 0.887.